The van der Waals surface area contributed by atoms with E-state index in [1.54, 1.807) is 0 Å². The van der Waals surface area contributed by atoms with E-state index < -0.39 is 0 Å². The van der Waals surface area contributed by atoms with E-state index in [4.69, 9.17) is 0 Å². The van der Waals surface area contributed by atoms with Crippen molar-refractivity contribution in [1.82, 2.24) is 0 Å². The fraction of sp³-hybridized carbons (Fsp3) is 0.0476. The molecule has 16 aromatic rings. The molecule has 0 bridgehead atoms. The van der Waals surface area contributed by atoms with Gasteiger partial charge in [-0.3, -0.25) is 0 Å². The summed E-state index contributed by atoms with van der Waals surface area (Å²) in [4.78, 5) is 4.80. The second-order valence-corrected chi connectivity index (χ2v) is 23.1. The molecule has 0 saturated heterocycles. The molecular formula is C84H62N2. The lowest BCUT2D eigenvalue weighted by molar-refractivity contribution is 1.28. The van der Waals surface area contributed by atoms with Crippen molar-refractivity contribution in [1.29, 1.82) is 0 Å². The number of aryl methyl sites for hydroxylation is 4. The Labute approximate surface area is 503 Å². The molecule has 16 rings (SSSR count). The van der Waals surface area contributed by atoms with E-state index in [0.29, 0.717) is 0 Å². The number of nitrogens with zero attached hydrogens (tertiary/aromatic N) is 2. The molecule has 0 fully saturated rings. The van der Waals surface area contributed by atoms with Crippen LogP contribution in [0.1, 0.15) is 22.3 Å². The number of fused-ring (bicyclic) bond motifs is 4. The van der Waals surface area contributed by atoms with E-state index in [9.17, 15) is 0 Å². The minimum absolute atomic E-state index is 1.15. The number of hydrogen-bond donors (Lipinski definition) is 0. The Balaban J connectivity index is 0.000000147. The van der Waals surface area contributed by atoms with Crippen LogP contribution in [-0.4, -0.2) is 0 Å². The van der Waals surface area contributed by atoms with Crippen molar-refractivity contribution >= 4 is 110 Å². The van der Waals surface area contributed by atoms with Crippen molar-refractivity contribution in [2.45, 2.75) is 27.7 Å². The minimum Gasteiger partial charge on any atom is -0.310 e. The highest BCUT2D eigenvalue weighted by molar-refractivity contribution is 6.28. The third-order valence-corrected chi connectivity index (χ3v) is 17.5. The van der Waals surface area contributed by atoms with E-state index >= 15 is 0 Å². The van der Waals surface area contributed by atoms with E-state index in [-0.39, 0.29) is 0 Å². The van der Waals surface area contributed by atoms with Gasteiger partial charge in [-0.2, -0.15) is 0 Å². The fourth-order valence-corrected chi connectivity index (χ4v) is 13.1. The van der Waals surface area contributed by atoms with Gasteiger partial charge in [0.15, 0.2) is 0 Å². The molecule has 0 amide bonds. The molecule has 0 aliphatic heterocycles. The predicted octanol–water partition coefficient (Wildman–Crippen LogP) is 24.1. The van der Waals surface area contributed by atoms with Gasteiger partial charge in [0.05, 0.1) is 11.4 Å². The number of anilines is 6. The molecule has 0 spiro atoms. The van der Waals surface area contributed by atoms with Crippen LogP contribution in [0.5, 0.6) is 0 Å². The normalized spacial score (nSPS) is 11.5. The molecular weight excluding hydrogens is 1040 g/mol. The smallest absolute Gasteiger partial charge is 0.0540 e. The topological polar surface area (TPSA) is 6.48 Å². The van der Waals surface area contributed by atoms with Gasteiger partial charge in [0.25, 0.3) is 0 Å². The summed E-state index contributed by atoms with van der Waals surface area (Å²) in [7, 11) is 0. The molecule has 0 N–H and O–H groups in total. The van der Waals surface area contributed by atoms with Gasteiger partial charge in [-0.15, -0.1) is 0 Å². The Hall–Kier alpha value is -10.8. The summed E-state index contributed by atoms with van der Waals surface area (Å²) < 4.78 is 0. The first-order valence-electron chi connectivity index (χ1n) is 29.9. The van der Waals surface area contributed by atoms with E-state index in [2.05, 4.69) is 341 Å². The molecule has 2 nitrogen and oxygen atoms in total. The highest BCUT2D eigenvalue weighted by Crippen LogP contribution is 2.49. The van der Waals surface area contributed by atoms with Crippen LogP contribution in [0.4, 0.5) is 34.1 Å². The molecule has 0 aliphatic rings. The van der Waals surface area contributed by atoms with Gasteiger partial charge in [0.1, 0.15) is 0 Å². The van der Waals surface area contributed by atoms with Gasteiger partial charge >= 0.3 is 0 Å². The summed E-state index contributed by atoms with van der Waals surface area (Å²) in [5, 5.41) is 17.8. The first-order valence-corrected chi connectivity index (χ1v) is 29.9. The first kappa shape index (κ1) is 52.0. The zero-order valence-corrected chi connectivity index (χ0v) is 48.8. The van der Waals surface area contributed by atoms with Crippen LogP contribution in [0, 0.1) is 27.7 Å². The van der Waals surface area contributed by atoms with Crippen LogP contribution in [0.3, 0.4) is 0 Å². The number of hydrogen-bond acceptors (Lipinski definition) is 2. The van der Waals surface area contributed by atoms with Gasteiger partial charge in [0, 0.05) is 33.5 Å². The van der Waals surface area contributed by atoms with Gasteiger partial charge in [-0.05, 0) is 199 Å². The fourth-order valence-electron chi connectivity index (χ4n) is 13.1. The lowest BCUT2D eigenvalue weighted by Crippen LogP contribution is -2.11. The van der Waals surface area contributed by atoms with Crippen molar-refractivity contribution in [2.75, 3.05) is 9.80 Å². The minimum atomic E-state index is 1.15. The molecule has 0 aliphatic carbocycles. The number of benzene rings is 16. The second-order valence-electron chi connectivity index (χ2n) is 23.1. The lowest BCUT2D eigenvalue weighted by atomic mass is 9.85. The maximum atomic E-state index is 2.40. The van der Waals surface area contributed by atoms with Crippen molar-refractivity contribution in [3.8, 4) is 33.4 Å². The van der Waals surface area contributed by atoms with Crippen LogP contribution in [-0.2, 0) is 0 Å². The molecule has 86 heavy (non-hydrogen) atoms. The highest BCUT2D eigenvalue weighted by atomic mass is 15.1. The van der Waals surface area contributed by atoms with Crippen molar-refractivity contribution in [2.24, 2.45) is 0 Å². The van der Waals surface area contributed by atoms with Crippen LogP contribution in [0.25, 0.3) is 109 Å². The Kier molecular flexibility index (Phi) is 13.2. The summed E-state index contributed by atoms with van der Waals surface area (Å²) in [5.74, 6) is 0. The molecule has 0 unspecified atom stereocenters. The molecule has 408 valence electrons. The average Bonchev–Trinajstić information content (AvgIpc) is 0.964. The Morgan fingerprint density at radius 3 is 0.884 bits per heavy atom. The summed E-state index contributed by atoms with van der Waals surface area (Å²) in [6.07, 6.45) is 0. The maximum Gasteiger partial charge on any atom is 0.0540 e. The summed E-state index contributed by atoms with van der Waals surface area (Å²) in [6, 6.07) is 111. The van der Waals surface area contributed by atoms with Crippen LogP contribution in [0.15, 0.2) is 303 Å². The lowest BCUT2D eigenvalue weighted by Gasteiger charge is -2.29. The number of rotatable bonds is 9. The zero-order valence-electron chi connectivity index (χ0n) is 48.8. The third-order valence-electron chi connectivity index (χ3n) is 17.5. The Bertz CT molecular complexity index is 4860. The molecule has 0 aromatic heterocycles. The van der Waals surface area contributed by atoms with Gasteiger partial charge in [-0.25, -0.2) is 0 Å². The predicted molar refractivity (Wildman–Crippen MR) is 371 cm³/mol. The van der Waals surface area contributed by atoms with E-state index in [1.165, 1.54) is 142 Å². The van der Waals surface area contributed by atoms with Crippen LogP contribution >= 0.6 is 0 Å². The Morgan fingerprint density at radius 2 is 0.488 bits per heavy atom. The third kappa shape index (κ3) is 9.43. The highest BCUT2D eigenvalue weighted by Gasteiger charge is 2.23. The molecule has 16 aromatic carbocycles. The average molecular weight is 1100 g/mol. The largest absolute Gasteiger partial charge is 0.310 e. The summed E-state index contributed by atoms with van der Waals surface area (Å²) in [6.45, 7) is 8.57. The monoisotopic (exact) mass is 1100 g/mol. The molecule has 2 heteroatoms. The quantitative estimate of drug-likeness (QED) is 0.105. The molecule has 0 atom stereocenters. The van der Waals surface area contributed by atoms with Gasteiger partial charge < -0.3 is 9.80 Å². The molecule has 0 heterocycles. The SMILES string of the molecule is Cc1ccc(N(c2ccc(C)cc2)c2ccc3ccc4c(N(c5ccc(C)cc5)c5ccc(C)cc5)ccc5ccc2c3c54)cc1.c1ccc2cc(-c3ccc(-c4c5ccccc5c(-c5ccc6ccccc6c5)c5ccccc45)cc3)ccc2c1. The first-order chi connectivity index (χ1) is 42.3. The second kappa shape index (κ2) is 21.8. The van der Waals surface area contributed by atoms with E-state index in [0.717, 1.165) is 22.7 Å². The molecule has 0 saturated carbocycles. The van der Waals surface area contributed by atoms with Crippen LogP contribution < -0.4 is 9.80 Å². The van der Waals surface area contributed by atoms with Crippen LogP contribution in [0.2, 0.25) is 0 Å². The Morgan fingerprint density at radius 1 is 0.198 bits per heavy atom. The zero-order chi connectivity index (χ0) is 57.8. The molecule has 0 radical (unpaired) electrons. The van der Waals surface area contributed by atoms with Crippen molar-refractivity contribution in [3.05, 3.63) is 326 Å². The van der Waals surface area contributed by atoms with Crippen molar-refractivity contribution in [3.63, 3.8) is 0 Å². The van der Waals surface area contributed by atoms with E-state index in [1.807, 2.05) is 0 Å². The standard InChI is InChI=1S/C44H36N2.C40H26/c1-29-5-17-35(18-6-29)45(36-19-7-30(2)8-20-36)41-27-15-33-14-26-40-42(28-16-34-13-25-39(41)43(33)44(34)40)46(37-21-9-31(3)10-22-37)38-23-11-32(4)12-24-38;1-3-11-31-25-33(23-19-27(31)9-1)29-17-21-30(22-18-29)39-35-13-5-7-15-37(35)40(38-16-8-6-14-36(38)39)34-24-20-28-10-2-4-12-32(28)26-34/h5-28H,1-4H3;1-26H. The van der Waals surface area contributed by atoms with Gasteiger partial charge in [0.2, 0.25) is 0 Å². The summed E-state index contributed by atoms with van der Waals surface area (Å²) >= 11 is 0. The maximum absolute atomic E-state index is 2.40. The van der Waals surface area contributed by atoms with Crippen molar-refractivity contribution < 1.29 is 0 Å². The van der Waals surface area contributed by atoms with Gasteiger partial charge in [-0.1, -0.05) is 253 Å². The summed E-state index contributed by atoms with van der Waals surface area (Å²) in [5.41, 5.74) is 19.5.